The zero-order valence-corrected chi connectivity index (χ0v) is 15.4. The predicted octanol–water partition coefficient (Wildman–Crippen LogP) is 1.05. The van der Waals surface area contributed by atoms with Crippen molar-refractivity contribution in [2.75, 3.05) is 26.3 Å². The lowest BCUT2D eigenvalue weighted by Gasteiger charge is -2.26. The second kappa shape index (κ2) is 9.54. The third-order valence-electron chi connectivity index (χ3n) is 3.94. The van der Waals surface area contributed by atoms with Gasteiger partial charge in [-0.2, -0.15) is 0 Å². The first-order valence-electron chi connectivity index (χ1n) is 8.86. The molecular formula is C20H19FN2O6. The Bertz CT molecular complexity index is 904. The van der Waals surface area contributed by atoms with Crippen molar-refractivity contribution in [1.29, 1.82) is 0 Å². The second-order valence-corrected chi connectivity index (χ2v) is 6.16. The molecule has 0 bridgehead atoms. The minimum atomic E-state index is -0.795. The number of ether oxygens (including phenoxy) is 3. The highest BCUT2D eigenvalue weighted by atomic mass is 19.1. The minimum Gasteiger partial charge on any atom is -0.486 e. The van der Waals surface area contributed by atoms with Crippen LogP contribution in [-0.4, -0.2) is 50.2 Å². The van der Waals surface area contributed by atoms with Gasteiger partial charge in [-0.15, -0.1) is 0 Å². The third kappa shape index (κ3) is 5.93. The van der Waals surface area contributed by atoms with Crippen molar-refractivity contribution in [1.82, 2.24) is 10.6 Å². The molecule has 0 aliphatic carbocycles. The maximum atomic E-state index is 13.1. The molecule has 1 aliphatic rings. The summed E-state index contributed by atoms with van der Waals surface area (Å²) in [5.74, 6) is -1.26. The molecule has 9 heteroatoms. The molecule has 0 unspecified atom stereocenters. The van der Waals surface area contributed by atoms with Gasteiger partial charge in [0.05, 0.1) is 6.54 Å². The van der Waals surface area contributed by atoms with Crippen LogP contribution in [-0.2, 0) is 14.3 Å². The van der Waals surface area contributed by atoms with Gasteiger partial charge in [-0.25, -0.2) is 4.39 Å². The number of amides is 2. The number of nitrogens with one attached hydrogen (secondary N) is 2. The van der Waals surface area contributed by atoms with Crippen LogP contribution in [0.5, 0.6) is 11.5 Å². The van der Waals surface area contributed by atoms with E-state index in [0.29, 0.717) is 11.5 Å². The van der Waals surface area contributed by atoms with Crippen LogP contribution < -0.4 is 20.1 Å². The zero-order chi connectivity index (χ0) is 20.6. The topological polar surface area (TPSA) is 103 Å². The number of fused-ring (bicyclic) bond motifs is 1. The smallest absolute Gasteiger partial charge is 0.325 e. The Morgan fingerprint density at radius 3 is 2.66 bits per heavy atom. The first-order valence-corrected chi connectivity index (χ1v) is 8.86. The summed E-state index contributed by atoms with van der Waals surface area (Å²) in [6, 6.07) is 12.2. The molecule has 2 N–H and O–H groups in total. The Hall–Kier alpha value is -3.62. The minimum absolute atomic E-state index is 0.0758. The molecule has 0 saturated heterocycles. The molecule has 2 amide bonds. The number of hydrogen-bond donors (Lipinski definition) is 2. The number of carbonyl (C=O) groups is 3. The van der Waals surface area contributed by atoms with Crippen LogP contribution in [0.4, 0.5) is 4.39 Å². The van der Waals surface area contributed by atoms with Gasteiger partial charge >= 0.3 is 5.97 Å². The van der Waals surface area contributed by atoms with Gasteiger partial charge in [-0.05, 0) is 30.3 Å². The van der Waals surface area contributed by atoms with E-state index >= 15 is 0 Å². The summed E-state index contributed by atoms with van der Waals surface area (Å²) in [5, 5.41) is 4.88. The average Bonchev–Trinajstić information content (AvgIpc) is 2.74. The standard InChI is InChI=1S/C20H19FN2O6/c21-14-5-3-4-13(8-14)20(26)23-10-19(25)28-12-18(24)22-9-15-11-27-16-6-1-2-7-17(16)29-15/h1-8,15H,9-12H2,(H,22,24)(H,23,26)/t15-/m1/s1. The number of rotatable bonds is 7. The van der Waals surface area contributed by atoms with Gasteiger partial charge in [0.25, 0.3) is 11.8 Å². The van der Waals surface area contributed by atoms with Crippen molar-refractivity contribution < 1.29 is 33.0 Å². The zero-order valence-electron chi connectivity index (χ0n) is 15.4. The number of halogens is 1. The van der Waals surface area contributed by atoms with Gasteiger partial charge in [0.1, 0.15) is 25.1 Å². The van der Waals surface area contributed by atoms with Crippen molar-refractivity contribution in [3.63, 3.8) is 0 Å². The molecule has 0 aromatic heterocycles. The lowest BCUT2D eigenvalue weighted by atomic mass is 10.2. The molecule has 0 fully saturated rings. The summed E-state index contributed by atoms with van der Waals surface area (Å²) >= 11 is 0. The molecule has 2 aromatic carbocycles. The number of esters is 1. The summed E-state index contributed by atoms with van der Waals surface area (Å²) in [6.45, 7) is -0.484. The van der Waals surface area contributed by atoms with Gasteiger partial charge in [0.15, 0.2) is 18.1 Å². The van der Waals surface area contributed by atoms with Crippen molar-refractivity contribution >= 4 is 17.8 Å². The second-order valence-electron chi connectivity index (χ2n) is 6.16. The van der Waals surface area contributed by atoms with E-state index in [2.05, 4.69) is 10.6 Å². The highest BCUT2D eigenvalue weighted by Crippen LogP contribution is 2.30. The average molecular weight is 402 g/mol. The Labute approximate surface area is 165 Å². The van der Waals surface area contributed by atoms with Crippen molar-refractivity contribution in [2.45, 2.75) is 6.10 Å². The van der Waals surface area contributed by atoms with E-state index in [1.807, 2.05) is 12.1 Å². The molecule has 8 nitrogen and oxygen atoms in total. The number of para-hydroxylation sites is 2. The molecule has 1 aliphatic heterocycles. The highest BCUT2D eigenvalue weighted by Gasteiger charge is 2.21. The van der Waals surface area contributed by atoms with Gasteiger partial charge < -0.3 is 24.8 Å². The molecular weight excluding hydrogens is 383 g/mol. The number of benzene rings is 2. The number of hydrogen-bond acceptors (Lipinski definition) is 6. The fraction of sp³-hybridized carbons (Fsp3) is 0.250. The van der Waals surface area contributed by atoms with Crippen LogP contribution in [0.15, 0.2) is 48.5 Å². The van der Waals surface area contributed by atoms with Crippen molar-refractivity contribution in [3.05, 3.63) is 59.9 Å². The van der Waals surface area contributed by atoms with E-state index in [9.17, 15) is 18.8 Å². The van der Waals surface area contributed by atoms with Crippen LogP contribution in [0.2, 0.25) is 0 Å². The lowest BCUT2D eigenvalue weighted by Crippen LogP contribution is -2.42. The summed E-state index contributed by atoms with van der Waals surface area (Å²) in [7, 11) is 0. The molecule has 0 spiro atoms. The third-order valence-corrected chi connectivity index (χ3v) is 3.94. The van der Waals surface area contributed by atoms with Crippen molar-refractivity contribution in [2.24, 2.45) is 0 Å². The highest BCUT2D eigenvalue weighted by molar-refractivity contribution is 5.96. The van der Waals surface area contributed by atoms with Crippen LogP contribution in [0.25, 0.3) is 0 Å². The Morgan fingerprint density at radius 1 is 1.07 bits per heavy atom. The molecule has 3 rings (SSSR count). The Morgan fingerprint density at radius 2 is 1.86 bits per heavy atom. The summed E-state index contributed by atoms with van der Waals surface area (Å²) in [6.07, 6.45) is -0.366. The first kappa shape index (κ1) is 20.1. The van der Waals surface area contributed by atoms with Gasteiger partial charge in [0, 0.05) is 5.56 Å². The fourth-order valence-corrected chi connectivity index (χ4v) is 2.52. The lowest BCUT2D eigenvalue weighted by molar-refractivity contribution is -0.147. The van der Waals surface area contributed by atoms with E-state index in [1.54, 1.807) is 12.1 Å². The van der Waals surface area contributed by atoms with E-state index in [4.69, 9.17) is 14.2 Å². The fourth-order valence-electron chi connectivity index (χ4n) is 2.52. The molecule has 29 heavy (non-hydrogen) atoms. The summed E-state index contributed by atoms with van der Waals surface area (Å²) in [5.41, 5.74) is 0.0758. The molecule has 1 heterocycles. The maximum absolute atomic E-state index is 13.1. The molecule has 1 atom stereocenters. The van der Waals surface area contributed by atoms with E-state index in [0.717, 1.165) is 6.07 Å². The summed E-state index contributed by atoms with van der Waals surface area (Å²) in [4.78, 5) is 35.3. The van der Waals surface area contributed by atoms with Gasteiger partial charge in [-0.3, -0.25) is 14.4 Å². The number of carbonyl (C=O) groups excluding carboxylic acids is 3. The van der Waals surface area contributed by atoms with Crippen molar-refractivity contribution in [3.8, 4) is 11.5 Å². The largest absolute Gasteiger partial charge is 0.486 e. The Balaban J connectivity index is 1.33. The molecule has 0 radical (unpaired) electrons. The normalized spacial score (nSPS) is 14.6. The molecule has 152 valence electrons. The van der Waals surface area contributed by atoms with Crippen LogP contribution in [0, 0.1) is 5.82 Å². The predicted molar refractivity (Wildman–Crippen MR) is 99.1 cm³/mol. The first-order chi connectivity index (χ1) is 14.0. The van der Waals surface area contributed by atoms with Crippen LogP contribution in [0.3, 0.4) is 0 Å². The quantitative estimate of drug-likeness (QED) is 0.672. The van der Waals surface area contributed by atoms with E-state index in [-0.39, 0.29) is 24.8 Å². The van der Waals surface area contributed by atoms with E-state index < -0.39 is 36.8 Å². The van der Waals surface area contributed by atoms with E-state index in [1.165, 1.54) is 18.2 Å². The monoisotopic (exact) mass is 402 g/mol. The summed E-state index contributed by atoms with van der Waals surface area (Å²) < 4.78 is 29.1. The maximum Gasteiger partial charge on any atom is 0.325 e. The van der Waals surface area contributed by atoms with Crippen LogP contribution in [0.1, 0.15) is 10.4 Å². The molecule has 0 saturated carbocycles. The Kier molecular flexibility index (Phi) is 6.62. The van der Waals surface area contributed by atoms with Gasteiger partial charge in [-0.1, -0.05) is 18.2 Å². The van der Waals surface area contributed by atoms with Gasteiger partial charge in [0.2, 0.25) is 0 Å². The SMILES string of the molecule is O=C(COC(=O)CNC(=O)c1cccc(F)c1)NC[C@@H]1COc2ccccc2O1. The van der Waals surface area contributed by atoms with Crippen LogP contribution >= 0.6 is 0 Å². The molecule has 2 aromatic rings.